The van der Waals surface area contributed by atoms with Crippen molar-refractivity contribution in [3.05, 3.63) is 27.8 Å². The minimum absolute atomic E-state index is 0.167. The van der Waals surface area contributed by atoms with Crippen LogP contribution in [0.5, 0.6) is 11.5 Å². The van der Waals surface area contributed by atoms with Crippen molar-refractivity contribution in [3.63, 3.8) is 0 Å². The highest BCUT2D eigenvalue weighted by molar-refractivity contribution is 5.54. The van der Waals surface area contributed by atoms with Gasteiger partial charge >= 0.3 is 0 Å². The van der Waals surface area contributed by atoms with E-state index in [1.807, 2.05) is 0 Å². The van der Waals surface area contributed by atoms with Gasteiger partial charge in [-0.05, 0) is 19.9 Å². The zero-order chi connectivity index (χ0) is 12.8. The van der Waals surface area contributed by atoms with Gasteiger partial charge in [0.25, 0.3) is 5.69 Å². The highest BCUT2D eigenvalue weighted by Crippen LogP contribution is 2.34. The molecule has 1 aromatic carbocycles. The maximum atomic E-state index is 10.8. The van der Waals surface area contributed by atoms with Crippen LogP contribution in [0.4, 0.5) is 5.69 Å². The van der Waals surface area contributed by atoms with Crippen LogP contribution in [0.25, 0.3) is 0 Å². The van der Waals surface area contributed by atoms with E-state index in [0.29, 0.717) is 24.7 Å². The molecule has 0 bridgehead atoms. The van der Waals surface area contributed by atoms with Gasteiger partial charge in [-0.2, -0.15) is 0 Å². The summed E-state index contributed by atoms with van der Waals surface area (Å²) in [5, 5.41) is 19.9. The van der Waals surface area contributed by atoms with Crippen LogP contribution in [-0.2, 0) is 6.61 Å². The Morgan fingerprint density at radius 2 is 1.76 bits per heavy atom. The second-order valence-electron chi connectivity index (χ2n) is 3.21. The number of hydrogen-bond acceptors (Lipinski definition) is 5. The third kappa shape index (κ3) is 3.07. The fourth-order valence-corrected chi connectivity index (χ4v) is 1.42. The Morgan fingerprint density at radius 1 is 1.24 bits per heavy atom. The van der Waals surface area contributed by atoms with Crippen LogP contribution in [0.15, 0.2) is 12.1 Å². The van der Waals surface area contributed by atoms with E-state index in [9.17, 15) is 10.1 Å². The molecular formula is C11H15NO5. The van der Waals surface area contributed by atoms with Crippen LogP contribution >= 0.6 is 0 Å². The summed E-state index contributed by atoms with van der Waals surface area (Å²) in [6.07, 6.45) is 0. The van der Waals surface area contributed by atoms with Crippen LogP contribution in [0, 0.1) is 10.1 Å². The van der Waals surface area contributed by atoms with Gasteiger partial charge in [-0.25, -0.2) is 0 Å². The minimum atomic E-state index is -0.552. The first-order valence-corrected chi connectivity index (χ1v) is 5.31. The van der Waals surface area contributed by atoms with Crippen LogP contribution in [0.2, 0.25) is 0 Å². The van der Waals surface area contributed by atoms with Crippen molar-refractivity contribution in [2.45, 2.75) is 20.5 Å². The molecule has 0 aliphatic carbocycles. The van der Waals surface area contributed by atoms with Crippen LogP contribution < -0.4 is 9.47 Å². The average Bonchev–Trinajstić information content (AvgIpc) is 2.31. The van der Waals surface area contributed by atoms with E-state index >= 15 is 0 Å². The number of nitrogens with zero attached hydrogens (tertiary/aromatic N) is 1. The predicted octanol–water partition coefficient (Wildman–Crippen LogP) is 1.88. The highest BCUT2D eigenvalue weighted by Gasteiger charge is 2.19. The summed E-state index contributed by atoms with van der Waals surface area (Å²) in [5.41, 5.74) is 0.0429. The molecule has 0 amide bonds. The van der Waals surface area contributed by atoms with E-state index in [2.05, 4.69) is 0 Å². The topological polar surface area (TPSA) is 81.8 Å². The maximum Gasteiger partial charge on any atom is 0.278 e. The normalized spacial score (nSPS) is 10.1. The summed E-state index contributed by atoms with van der Waals surface area (Å²) in [4.78, 5) is 10.3. The van der Waals surface area contributed by atoms with Crippen molar-refractivity contribution >= 4 is 5.69 Å². The van der Waals surface area contributed by atoms with E-state index in [1.165, 1.54) is 12.1 Å². The van der Waals surface area contributed by atoms with E-state index in [0.717, 1.165) is 0 Å². The number of hydrogen-bond donors (Lipinski definition) is 1. The van der Waals surface area contributed by atoms with Crippen molar-refractivity contribution < 1.29 is 19.5 Å². The highest BCUT2D eigenvalue weighted by atomic mass is 16.6. The first kappa shape index (κ1) is 13.2. The molecule has 0 radical (unpaired) electrons. The van der Waals surface area contributed by atoms with Crippen molar-refractivity contribution in [3.8, 4) is 11.5 Å². The molecule has 1 rings (SSSR count). The fourth-order valence-electron chi connectivity index (χ4n) is 1.42. The lowest BCUT2D eigenvalue weighted by molar-refractivity contribution is -0.385. The van der Waals surface area contributed by atoms with E-state index in [-0.39, 0.29) is 11.3 Å². The summed E-state index contributed by atoms with van der Waals surface area (Å²) in [7, 11) is 0. The van der Waals surface area contributed by atoms with E-state index < -0.39 is 11.5 Å². The molecule has 0 fully saturated rings. The first-order chi connectivity index (χ1) is 8.13. The van der Waals surface area contributed by atoms with Gasteiger partial charge in [0.2, 0.25) is 0 Å². The molecule has 0 atom stereocenters. The van der Waals surface area contributed by atoms with Gasteiger partial charge in [-0.3, -0.25) is 10.1 Å². The lowest BCUT2D eigenvalue weighted by atomic mass is 10.1. The summed E-state index contributed by atoms with van der Waals surface area (Å²) in [6, 6.07) is 2.71. The van der Waals surface area contributed by atoms with E-state index in [4.69, 9.17) is 14.6 Å². The Balaban J connectivity index is 3.25. The molecule has 6 nitrogen and oxygen atoms in total. The Labute approximate surface area is 98.9 Å². The van der Waals surface area contributed by atoms with Crippen LogP contribution in [0.1, 0.15) is 19.4 Å². The van der Waals surface area contributed by atoms with Crippen molar-refractivity contribution in [2.75, 3.05) is 13.2 Å². The molecule has 0 heterocycles. The van der Waals surface area contributed by atoms with Gasteiger partial charge in [0, 0.05) is 0 Å². The van der Waals surface area contributed by atoms with Crippen LogP contribution in [0.3, 0.4) is 0 Å². The Morgan fingerprint density at radius 3 is 2.18 bits per heavy atom. The second-order valence-corrected chi connectivity index (χ2v) is 3.21. The zero-order valence-corrected chi connectivity index (χ0v) is 9.80. The van der Waals surface area contributed by atoms with E-state index in [1.54, 1.807) is 13.8 Å². The number of benzene rings is 1. The number of aliphatic hydroxyl groups is 1. The molecule has 1 aromatic rings. The molecule has 0 spiro atoms. The Bertz CT molecular complexity index is 405. The smallest absolute Gasteiger partial charge is 0.278 e. The molecule has 0 aliphatic rings. The standard InChI is InChI=1S/C11H15NO5/c1-3-16-10-5-8(7-13)9(12(14)15)6-11(10)17-4-2/h5-6,13H,3-4,7H2,1-2H3. The van der Waals surface area contributed by atoms with Gasteiger partial charge in [-0.1, -0.05) is 0 Å². The number of aliphatic hydroxyl groups excluding tert-OH is 1. The monoisotopic (exact) mass is 241 g/mol. The second kappa shape index (κ2) is 6.05. The number of nitro groups is 1. The summed E-state index contributed by atoms with van der Waals surface area (Å²) >= 11 is 0. The van der Waals surface area contributed by atoms with Gasteiger partial charge in [0.15, 0.2) is 11.5 Å². The average molecular weight is 241 g/mol. The molecule has 17 heavy (non-hydrogen) atoms. The van der Waals surface area contributed by atoms with Crippen molar-refractivity contribution in [1.29, 1.82) is 0 Å². The maximum absolute atomic E-state index is 10.8. The summed E-state index contributed by atoms with van der Waals surface area (Å²) in [5.74, 6) is 0.724. The lowest BCUT2D eigenvalue weighted by Crippen LogP contribution is -2.02. The quantitative estimate of drug-likeness (QED) is 0.607. The zero-order valence-electron chi connectivity index (χ0n) is 9.80. The summed E-state index contributed by atoms with van der Waals surface area (Å²) in [6.45, 7) is 3.97. The third-order valence-electron chi connectivity index (χ3n) is 2.11. The van der Waals surface area contributed by atoms with Gasteiger partial charge in [0.05, 0.1) is 36.4 Å². The predicted molar refractivity (Wildman–Crippen MR) is 61.4 cm³/mol. The molecular weight excluding hydrogens is 226 g/mol. The van der Waals surface area contributed by atoms with Gasteiger partial charge in [0.1, 0.15) is 0 Å². The van der Waals surface area contributed by atoms with Gasteiger partial charge in [-0.15, -0.1) is 0 Å². The summed E-state index contributed by atoms with van der Waals surface area (Å²) < 4.78 is 10.6. The molecule has 0 aliphatic heterocycles. The van der Waals surface area contributed by atoms with Gasteiger partial charge < -0.3 is 14.6 Å². The Hall–Kier alpha value is -1.82. The largest absolute Gasteiger partial charge is 0.490 e. The number of rotatable bonds is 6. The Kier molecular flexibility index (Phi) is 4.71. The first-order valence-electron chi connectivity index (χ1n) is 5.31. The molecule has 94 valence electrons. The molecule has 0 saturated carbocycles. The third-order valence-corrected chi connectivity index (χ3v) is 2.11. The molecule has 1 N–H and O–H groups in total. The SMILES string of the molecule is CCOc1cc(CO)c([N+](=O)[O-])cc1OCC. The minimum Gasteiger partial charge on any atom is -0.490 e. The molecule has 6 heteroatoms. The molecule has 0 aromatic heterocycles. The fraction of sp³-hybridized carbons (Fsp3) is 0.455. The molecule has 0 unspecified atom stereocenters. The molecule has 0 saturated heterocycles. The lowest BCUT2D eigenvalue weighted by Gasteiger charge is -2.12. The van der Waals surface area contributed by atoms with Crippen LogP contribution in [-0.4, -0.2) is 23.2 Å². The number of nitro benzene ring substituents is 1. The van der Waals surface area contributed by atoms with Crippen molar-refractivity contribution in [1.82, 2.24) is 0 Å². The number of ether oxygens (including phenoxy) is 2. The van der Waals surface area contributed by atoms with Crippen molar-refractivity contribution in [2.24, 2.45) is 0 Å².